The first-order valence-electron chi connectivity index (χ1n) is 1.91. The molecule has 0 fully saturated rings. The van der Waals surface area contributed by atoms with Crippen LogP contribution in [0.15, 0.2) is 12.7 Å². The Morgan fingerprint density at radius 1 is 1.67 bits per heavy atom. The number of carbonyl (C=O) groups excluding carboxylic acids is 1. The van der Waals surface area contributed by atoms with Crippen LogP contribution in [0.25, 0.3) is 5.73 Å². The zero-order valence-electron chi connectivity index (χ0n) is 4.90. The number of nitrogens with one attached hydrogen (secondary N) is 1. The molecule has 0 spiro atoms. The third-order valence-corrected chi connectivity index (χ3v) is 0.627. The van der Waals surface area contributed by atoms with Crippen LogP contribution in [0.4, 0.5) is 4.79 Å². The van der Waals surface area contributed by atoms with Crippen LogP contribution in [0.5, 0.6) is 0 Å². The van der Waals surface area contributed by atoms with Crippen molar-refractivity contribution in [3.05, 3.63) is 18.4 Å². The number of nitrogens with zero attached hydrogens (tertiary/aromatic N) is 3. The number of hydrogen-bond donors (Lipinski definition) is 0. The maximum Gasteiger partial charge on any atom is 1.00 e. The topological polar surface area (TPSA) is 71.6 Å². The Morgan fingerprint density at radius 3 is 2.56 bits per heavy atom. The third-order valence-electron chi connectivity index (χ3n) is 0.627. The molecule has 1 heterocycles. The van der Waals surface area contributed by atoms with Crippen molar-refractivity contribution in [3.63, 3.8) is 0 Å². The molecule has 0 saturated carbocycles. The molecule has 1 amide bonds. The number of amides is 1. The third kappa shape index (κ3) is 2.13. The van der Waals surface area contributed by atoms with Gasteiger partial charge in [0.05, 0.1) is 0 Å². The average Bonchev–Trinajstić information content (AvgIpc) is 2.12. The Balaban J connectivity index is 0.000000640. The van der Waals surface area contributed by atoms with Gasteiger partial charge in [0.2, 0.25) is 0 Å². The first-order valence-corrected chi connectivity index (χ1v) is 1.91. The van der Waals surface area contributed by atoms with E-state index in [-0.39, 0.29) is 29.6 Å². The van der Waals surface area contributed by atoms with E-state index in [0.717, 1.165) is 4.68 Å². The summed E-state index contributed by atoms with van der Waals surface area (Å²) in [5.74, 6) is 0. The molecule has 5 nitrogen and oxygen atoms in total. The summed E-state index contributed by atoms with van der Waals surface area (Å²) in [5, 5.41) is 3.38. The van der Waals surface area contributed by atoms with Crippen LogP contribution < -0.4 is 29.6 Å². The number of hydrogen-bond acceptors (Lipinski definition) is 3. The molecule has 42 valence electrons. The van der Waals surface area contributed by atoms with Gasteiger partial charge < -0.3 is 10.4 Å². The van der Waals surface area contributed by atoms with E-state index in [1.54, 1.807) is 0 Å². The Morgan fingerprint density at radius 2 is 2.33 bits per heavy atom. The summed E-state index contributed by atoms with van der Waals surface area (Å²) in [6.07, 6.45) is 2.38. The summed E-state index contributed by atoms with van der Waals surface area (Å²) in [5.41, 5.74) is 6.46. The van der Waals surface area contributed by atoms with Crippen LogP contribution in [0.2, 0.25) is 0 Å². The van der Waals surface area contributed by atoms with E-state index in [9.17, 15) is 4.79 Å². The molecule has 0 aliphatic carbocycles. The van der Waals surface area contributed by atoms with Gasteiger partial charge in [0, 0.05) is 6.33 Å². The van der Waals surface area contributed by atoms with Crippen molar-refractivity contribution in [2.24, 2.45) is 0 Å². The monoisotopic (exact) mass is 134 g/mol. The average molecular weight is 134 g/mol. The maximum atomic E-state index is 10.0. The van der Waals surface area contributed by atoms with E-state index in [1.807, 2.05) is 0 Å². The van der Waals surface area contributed by atoms with Crippen LogP contribution in [-0.2, 0) is 0 Å². The first-order chi connectivity index (χ1) is 3.80. The second-order valence-corrected chi connectivity index (χ2v) is 1.15. The van der Waals surface area contributed by atoms with E-state index in [2.05, 4.69) is 10.1 Å². The van der Waals surface area contributed by atoms with Crippen molar-refractivity contribution < 1.29 is 34.4 Å². The molecule has 9 heavy (non-hydrogen) atoms. The minimum absolute atomic E-state index is 0. The van der Waals surface area contributed by atoms with E-state index >= 15 is 0 Å². The first kappa shape index (κ1) is 8.61. The largest absolute Gasteiger partial charge is 1.00 e. The quantitative estimate of drug-likeness (QED) is 0.362. The van der Waals surface area contributed by atoms with Crippen molar-refractivity contribution >= 4 is 6.03 Å². The SMILES string of the molecule is [NH-]C(=O)n1cncn1.[Na+]. The second-order valence-electron chi connectivity index (χ2n) is 1.15. The fourth-order valence-electron chi connectivity index (χ4n) is 0.313. The van der Waals surface area contributed by atoms with Crippen molar-refractivity contribution in [2.75, 3.05) is 0 Å². The standard InChI is InChI=1S/C3H4N4O.Na/c4-3(8)7-2-5-1-6-7;/h1-2H,(H2,4,8);/q;+1/p-1. The van der Waals surface area contributed by atoms with Gasteiger partial charge in [-0.05, 0) is 0 Å². The molecule has 0 aromatic carbocycles. The van der Waals surface area contributed by atoms with Crippen molar-refractivity contribution in [3.8, 4) is 0 Å². The Bertz CT molecular complexity index is 184. The molecule has 0 radical (unpaired) electrons. The van der Waals surface area contributed by atoms with Gasteiger partial charge in [0.1, 0.15) is 6.33 Å². The minimum atomic E-state index is -0.873. The molecular formula is C3H3N4NaO. The van der Waals surface area contributed by atoms with Crippen molar-refractivity contribution in [1.29, 1.82) is 0 Å². The summed E-state index contributed by atoms with van der Waals surface area (Å²) in [6.45, 7) is 0. The Kier molecular flexibility index (Phi) is 3.44. The second kappa shape index (κ2) is 3.60. The summed E-state index contributed by atoms with van der Waals surface area (Å²) >= 11 is 0. The molecule has 0 bridgehead atoms. The van der Waals surface area contributed by atoms with E-state index in [0.29, 0.717) is 0 Å². The normalized spacial score (nSPS) is 8.00. The predicted molar refractivity (Wildman–Crippen MR) is 25.1 cm³/mol. The van der Waals surface area contributed by atoms with E-state index < -0.39 is 6.03 Å². The zero-order chi connectivity index (χ0) is 5.98. The van der Waals surface area contributed by atoms with Crippen LogP contribution in [0.1, 0.15) is 0 Å². The summed E-state index contributed by atoms with van der Waals surface area (Å²) in [4.78, 5) is 13.5. The number of aromatic nitrogens is 3. The molecule has 0 atom stereocenters. The molecule has 0 aliphatic heterocycles. The molecule has 1 N–H and O–H groups in total. The van der Waals surface area contributed by atoms with Gasteiger partial charge in [0.15, 0.2) is 6.03 Å². The molecule has 6 heteroatoms. The van der Waals surface area contributed by atoms with Gasteiger partial charge in [-0.15, -0.1) is 0 Å². The molecule has 0 unspecified atom stereocenters. The number of carbonyl (C=O) groups is 1. The van der Waals surface area contributed by atoms with Gasteiger partial charge in [-0.25, -0.2) is 10.1 Å². The zero-order valence-corrected chi connectivity index (χ0v) is 6.90. The summed E-state index contributed by atoms with van der Waals surface area (Å²) in [6, 6.07) is -0.873. The fraction of sp³-hybridized carbons (Fsp3) is 0. The predicted octanol–water partition coefficient (Wildman–Crippen LogP) is -2.70. The van der Waals surface area contributed by atoms with Gasteiger partial charge in [-0.3, -0.25) is 4.79 Å². The molecular weight excluding hydrogens is 131 g/mol. The molecule has 0 aliphatic rings. The van der Waals surface area contributed by atoms with E-state index in [1.165, 1.54) is 12.7 Å². The van der Waals surface area contributed by atoms with E-state index in [4.69, 9.17) is 5.73 Å². The van der Waals surface area contributed by atoms with Gasteiger partial charge >= 0.3 is 29.6 Å². The summed E-state index contributed by atoms with van der Waals surface area (Å²) < 4.78 is 0.833. The van der Waals surface area contributed by atoms with Gasteiger partial charge in [-0.1, -0.05) is 0 Å². The van der Waals surface area contributed by atoms with Crippen molar-refractivity contribution in [2.45, 2.75) is 0 Å². The fourth-order valence-corrected chi connectivity index (χ4v) is 0.313. The molecule has 1 aromatic heterocycles. The van der Waals surface area contributed by atoms with Crippen LogP contribution >= 0.6 is 0 Å². The maximum absolute atomic E-state index is 10.0. The summed E-state index contributed by atoms with van der Waals surface area (Å²) in [7, 11) is 0. The van der Waals surface area contributed by atoms with Crippen LogP contribution in [0.3, 0.4) is 0 Å². The Labute approximate surface area is 73.5 Å². The Hall–Kier alpha value is -0.390. The van der Waals surface area contributed by atoms with Crippen molar-refractivity contribution in [1.82, 2.24) is 14.8 Å². The minimum Gasteiger partial charge on any atom is -0.446 e. The molecule has 0 saturated heterocycles. The van der Waals surface area contributed by atoms with Gasteiger partial charge in [0.25, 0.3) is 0 Å². The van der Waals surface area contributed by atoms with Gasteiger partial charge in [-0.2, -0.15) is 0 Å². The van der Waals surface area contributed by atoms with Crippen LogP contribution in [-0.4, -0.2) is 20.8 Å². The number of rotatable bonds is 0. The molecule has 1 aromatic rings. The van der Waals surface area contributed by atoms with Crippen LogP contribution in [0, 0.1) is 0 Å². The smallest absolute Gasteiger partial charge is 0.446 e. The molecule has 1 rings (SSSR count).